The first-order valence-electron chi connectivity index (χ1n) is 4.78. The Morgan fingerprint density at radius 3 is 2.42 bits per heavy atom. The lowest BCUT2D eigenvalue weighted by Gasteiger charge is -2.06. The van der Waals surface area contributed by atoms with Crippen molar-refractivity contribution in [3.8, 4) is 0 Å². The summed E-state index contributed by atoms with van der Waals surface area (Å²) in [5, 5.41) is -1.74. The molecule has 0 aromatic carbocycles. The van der Waals surface area contributed by atoms with E-state index in [1.54, 1.807) is 0 Å². The number of unbranched alkanes of at least 4 members (excludes halogenated alkanes) is 3. The lowest BCUT2D eigenvalue weighted by atomic mass is 10.1. The Morgan fingerprint density at radius 2 is 2.00 bits per heavy atom. The minimum atomic E-state index is -4.22. The van der Waals surface area contributed by atoms with Gasteiger partial charge in [0.25, 0.3) is 10.1 Å². The highest BCUT2D eigenvalue weighted by Crippen LogP contribution is 2.10. The smallest absolute Gasteiger partial charge is 0.267 e. The summed E-state index contributed by atoms with van der Waals surface area (Å²) < 4.78 is 37.4. The molecule has 1 N–H and O–H groups in total. The van der Waals surface area contributed by atoms with E-state index in [1.165, 1.54) is 6.92 Å². The molecule has 0 fully saturated rings. The molecular weight excluding hydrogens is 176 g/mol. The molecule has 0 amide bonds. The van der Waals surface area contributed by atoms with Gasteiger partial charge in [-0.05, 0) is 13.3 Å². The van der Waals surface area contributed by atoms with Crippen molar-refractivity contribution < 1.29 is 14.3 Å². The molecule has 0 spiro atoms. The van der Waals surface area contributed by atoms with E-state index in [0.717, 1.165) is 19.3 Å². The highest BCUT2D eigenvalue weighted by Gasteiger charge is 2.15. The standard InChI is InChI=1S/C8H18O3S/c1-3-4-5-6-7-8(2)12(9,10)11/h8H,3-7H2,1-2H3,(H,9,10,11)/i8D. The Bertz CT molecular complexity index is 234. The van der Waals surface area contributed by atoms with Gasteiger partial charge in [0.15, 0.2) is 0 Å². The van der Waals surface area contributed by atoms with Gasteiger partial charge in [0.1, 0.15) is 0 Å². The van der Waals surface area contributed by atoms with Crippen molar-refractivity contribution >= 4 is 10.1 Å². The maximum absolute atomic E-state index is 10.7. The average molecular weight is 195 g/mol. The van der Waals surface area contributed by atoms with Crippen LogP contribution in [0.3, 0.4) is 0 Å². The van der Waals surface area contributed by atoms with Gasteiger partial charge in [-0.25, -0.2) is 0 Å². The molecule has 0 rings (SSSR count). The molecule has 12 heavy (non-hydrogen) atoms. The Balaban J connectivity index is 3.91. The highest BCUT2D eigenvalue weighted by atomic mass is 32.2. The predicted octanol–water partition coefficient (Wildman–Crippen LogP) is 2.23. The Kier molecular flexibility index (Phi) is 4.61. The third-order valence-electron chi connectivity index (χ3n) is 1.82. The Labute approximate surface area is 76.3 Å². The maximum Gasteiger partial charge on any atom is 0.267 e. The quantitative estimate of drug-likeness (QED) is 0.522. The van der Waals surface area contributed by atoms with Gasteiger partial charge in [-0.3, -0.25) is 4.55 Å². The van der Waals surface area contributed by atoms with Crippen LogP contribution < -0.4 is 0 Å². The van der Waals surface area contributed by atoms with Gasteiger partial charge in [0, 0.05) is 1.37 Å². The van der Waals surface area contributed by atoms with E-state index in [-0.39, 0.29) is 6.42 Å². The van der Waals surface area contributed by atoms with Crippen LogP contribution in [0.25, 0.3) is 0 Å². The molecule has 0 saturated carbocycles. The second-order valence-electron chi connectivity index (χ2n) is 2.99. The molecule has 0 aliphatic heterocycles. The third-order valence-corrected chi connectivity index (χ3v) is 2.91. The molecule has 0 aromatic rings. The van der Waals surface area contributed by atoms with Crippen LogP contribution in [-0.2, 0) is 10.1 Å². The molecule has 0 radical (unpaired) electrons. The van der Waals surface area contributed by atoms with E-state index in [4.69, 9.17) is 5.92 Å². The molecule has 0 aromatic heterocycles. The SMILES string of the molecule is [2H]C(C)(CCCCCC)S(=O)(=O)O. The molecule has 0 saturated heterocycles. The summed E-state index contributed by atoms with van der Waals surface area (Å²) in [6.07, 6.45) is 3.90. The molecule has 0 aliphatic carbocycles. The Morgan fingerprint density at radius 1 is 1.42 bits per heavy atom. The zero-order valence-electron chi connectivity index (χ0n) is 8.71. The maximum atomic E-state index is 10.7. The summed E-state index contributed by atoms with van der Waals surface area (Å²) in [6.45, 7) is 3.29. The van der Waals surface area contributed by atoms with Crippen LogP contribution in [-0.4, -0.2) is 18.2 Å². The van der Waals surface area contributed by atoms with Crippen molar-refractivity contribution in [3.63, 3.8) is 0 Å². The van der Waals surface area contributed by atoms with Crippen LogP contribution >= 0.6 is 0 Å². The lowest BCUT2D eigenvalue weighted by Crippen LogP contribution is -2.15. The Hall–Kier alpha value is -0.0900. The fourth-order valence-electron chi connectivity index (χ4n) is 0.930. The summed E-state index contributed by atoms with van der Waals surface area (Å²) >= 11 is 0. The van der Waals surface area contributed by atoms with Crippen LogP contribution in [0.5, 0.6) is 0 Å². The predicted molar refractivity (Wildman–Crippen MR) is 49.8 cm³/mol. The molecule has 0 bridgehead atoms. The molecule has 4 heteroatoms. The molecule has 1 atom stereocenters. The zero-order chi connectivity index (χ0) is 10.5. The molecule has 3 nitrogen and oxygen atoms in total. The largest absolute Gasteiger partial charge is 0.285 e. The summed E-state index contributed by atoms with van der Waals surface area (Å²) in [5.41, 5.74) is 0. The molecule has 74 valence electrons. The van der Waals surface area contributed by atoms with Crippen LogP contribution in [0, 0.1) is 0 Å². The van der Waals surface area contributed by atoms with E-state index in [0.29, 0.717) is 6.42 Å². The molecule has 0 aliphatic rings. The van der Waals surface area contributed by atoms with Gasteiger partial charge in [-0.1, -0.05) is 32.6 Å². The number of rotatable bonds is 6. The van der Waals surface area contributed by atoms with Crippen LogP contribution in [0.1, 0.15) is 47.3 Å². The highest BCUT2D eigenvalue weighted by molar-refractivity contribution is 7.86. The molecule has 0 heterocycles. The topological polar surface area (TPSA) is 54.4 Å². The van der Waals surface area contributed by atoms with E-state index < -0.39 is 15.3 Å². The summed E-state index contributed by atoms with van der Waals surface area (Å²) in [6, 6.07) is 0. The van der Waals surface area contributed by atoms with Gasteiger partial charge in [0.05, 0.1) is 5.23 Å². The second kappa shape index (κ2) is 5.54. The van der Waals surface area contributed by atoms with E-state index >= 15 is 0 Å². The van der Waals surface area contributed by atoms with E-state index in [1.807, 2.05) is 0 Å². The first-order chi connectivity index (χ1) is 5.81. The van der Waals surface area contributed by atoms with E-state index in [2.05, 4.69) is 6.92 Å². The summed E-state index contributed by atoms with van der Waals surface area (Å²) in [7, 11) is -4.22. The first kappa shape index (κ1) is 9.99. The third kappa shape index (κ3) is 5.55. The van der Waals surface area contributed by atoms with Gasteiger partial charge < -0.3 is 0 Å². The van der Waals surface area contributed by atoms with Gasteiger partial charge in [-0.15, -0.1) is 0 Å². The zero-order valence-corrected chi connectivity index (χ0v) is 8.52. The fourth-order valence-corrected chi connectivity index (χ4v) is 1.33. The van der Waals surface area contributed by atoms with Crippen molar-refractivity contribution in [2.24, 2.45) is 0 Å². The molecular formula is C8H18O3S. The van der Waals surface area contributed by atoms with Crippen LogP contribution in [0.15, 0.2) is 0 Å². The average Bonchev–Trinajstić information content (AvgIpc) is 1.96. The number of hydrogen-bond acceptors (Lipinski definition) is 2. The van der Waals surface area contributed by atoms with Crippen molar-refractivity contribution in [1.82, 2.24) is 0 Å². The minimum Gasteiger partial charge on any atom is -0.285 e. The normalized spacial score (nSPS) is 18.4. The summed E-state index contributed by atoms with van der Waals surface area (Å²) in [4.78, 5) is 0. The fraction of sp³-hybridized carbons (Fsp3) is 1.00. The van der Waals surface area contributed by atoms with E-state index in [9.17, 15) is 8.42 Å². The number of hydrogen-bond donors (Lipinski definition) is 1. The summed E-state index contributed by atoms with van der Waals surface area (Å²) in [5.74, 6) is 0. The molecule has 1 unspecified atom stereocenters. The van der Waals surface area contributed by atoms with Gasteiger partial charge >= 0.3 is 0 Å². The van der Waals surface area contributed by atoms with Crippen molar-refractivity contribution in [2.75, 3.05) is 0 Å². The van der Waals surface area contributed by atoms with Crippen molar-refractivity contribution in [3.05, 3.63) is 0 Å². The monoisotopic (exact) mass is 195 g/mol. The second-order valence-corrected chi connectivity index (χ2v) is 4.63. The first-order valence-corrected chi connectivity index (χ1v) is 5.72. The van der Waals surface area contributed by atoms with Crippen LogP contribution in [0.4, 0.5) is 0 Å². The van der Waals surface area contributed by atoms with Gasteiger partial charge in [0.2, 0.25) is 0 Å². The lowest BCUT2D eigenvalue weighted by molar-refractivity contribution is 0.462. The van der Waals surface area contributed by atoms with Crippen molar-refractivity contribution in [1.29, 1.82) is 0 Å². The van der Waals surface area contributed by atoms with Crippen LogP contribution in [0.2, 0.25) is 0 Å². The minimum absolute atomic E-state index is 0.200. The van der Waals surface area contributed by atoms with Crippen molar-refractivity contribution in [2.45, 2.75) is 51.2 Å². The van der Waals surface area contributed by atoms with Gasteiger partial charge in [-0.2, -0.15) is 8.42 Å².